The molecule has 31 heavy (non-hydrogen) atoms. The summed E-state index contributed by atoms with van der Waals surface area (Å²) in [5.41, 5.74) is 3.79. The second kappa shape index (κ2) is 8.60. The molecule has 2 aliphatic rings. The largest absolute Gasteiger partial charge is 0.497 e. The van der Waals surface area contributed by atoms with Crippen molar-refractivity contribution in [2.24, 2.45) is 4.99 Å². The van der Waals surface area contributed by atoms with Gasteiger partial charge in [0.2, 0.25) is 0 Å². The quantitative estimate of drug-likeness (QED) is 0.605. The Morgan fingerprint density at radius 2 is 1.84 bits per heavy atom. The molecule has 0 bridgehead atoms. The number of nitrogens with zero attached hydrogens (tertiary/aromatic N) is 2. The van der Waals surface area contributed by atoms with E-state index in [2.05, 4.69) is 20.9 Å². The fourth-order valence-electron chi connectivity index (χ4n) is 4.17. The van der Waals surface area contributed by atoms with Crippen LogP contribution in [0.25, 0.3) is 0 Å². The molecule has 0 aromatic heterocycles. The Kier molecular flexibility index (Phi) is 6.20. The second-order valence-electron chi connectivity index (χ2n) is 7.87. The summed E-state index contributed by atoms with van der Waals surface area (Å²) in [5, 5.41) is 0.455. The summed E-state index contributed by atoms with van der Waals surface area (Å²) in [6.07, 6.45) is 0.174. The first-order chi connectivity index (χ1) is 14.7. The zero-order chi connectivity index (χ0) is 22.3. The van der Waals surface area contributed by atoms with Crippen molar-refractivity contribution in [3.05, 3.63) is 57.6 Å². The van der Waals surface area contributed by atoms with Crippen molar-refractivity contribution >= 4 is 54.3 Å². The van der Waals surface area contributed by atoms with Crippen LogP contribution in [0.5, 0.6) is 5.75 Å². The van der Waals surface area contributed by atoms with Gasteiger partial charge >= 0.3 is 0 Å². The van der Waals surface area contributed by atoms with E-state index in [4.69, 9.17) is 4.74 Å². The van der Waals surface area contributed by atoms with Gasteiger partial charge in [-0.3, -0.25) is 4.79 Å². The van der Waals surface area contributed by atoms with Crippen LogP contribution in [0.3, 0.4) is 0 Å². The lowest BCUT2D eigenvalue weighted by Crippen LogP contribution is -2.38. The highest BCUT2D eigenvalue weighted by Gasteiger charge is 2.50. The molecule has 0 radical (unpaired) electrons. The maximum atomic E-state index is 12.8. The van der Waals surface area contributed by atoms with Crippen molar-refractivity contribution in [3.8, 4) is 5.75 Å². The van der Waals surface area contributed by atoms with Crippen molar-refractivity contribution in [1.82, 2.24) is 0 Å². The molecular formula is C22H23BrN2O4S2. The maximum absolute atomic E-state index is 12.8. The summed E-state index contributed by atoms with van der Waals surface area (Å²) >= 11 is 4.92. The smallest absolute Gasteiger partial charge is 0.252 e. The molecule has 0 aliphatic carbocycles. The first-order valence-corrected chi connectivity index (χ1v) is 13.3. The average molecular weight is 523 g/mol. The van der Waals surface area contributed by atoms with Gasteiger partial charge in [0.15, 0.2) is 15.0 Å². The highest BCUT2D eigenvalue weighted by molar-refractivity contribution is 9.10. The van der Waals surface area contributed by atoms with E-state index < -0.39 is 9.84 Å². The molecule has 2 fully saturated rings. The topological polar surface area (TPSA) is 76.0 Å². The van der Waals surface area contributed by atoms with Gasteiger partial charge in [-0.2, -0.15) is 4.99 Å². The third kappa shape index (κ3) is 4.68. The molecule has 0 N–H and O–H groups in total. The number of fused-ring (bicyclic) bond motifs is 1. The maximum Gasteiger partial charge on any atom is 0.252 e. The molecule has 2 heterocycles. The molecule has 2 atom stereocenters. The first kappa shape index (κ1) is 22.4. The van der Waals surface area contributed by atoms with E-state index in [0.29, 0.717) is 5.17 Å². The van der Waals surface area contributed by atoms with Crippen LogP contribution < -0.4 is 9.64 Å². The molecule has 2 saturated heterocycles. The monoisotopic (exact) mass is 522 g/mol. The summed E-state index contributed by atoms with van der Waals surface area (Å²) in [6.45, 7) is 3.98. The number of benzene rings is 2. The van der Waals surface area contributed by atoms with Crippen LogP contribution >= 0.6 is 27.7 Å². The number of carbonyl (C=O) groups is 1. The van der Waals surface area contributed by atoms with Crippen LogP contribution in [-0.2, 0) is 21.1 Å². The lowest BCUT2D eigenvalue weighted by atomic mass is 10.1. The molecule has 2 aromatic carbocycles. The summed E-state index contributed by atoms with van der Waals surface area (Å²) in [7, 11) is -1.51. The Bertz CT molecular complexity index is 1140. The highest BCUT2D eigenvalue weighted by atomic mass is 79.9. The van der Waals surface area contributed by atoms with Gasteiger partial charge in [-0.05, 0) is 54.8 Å². The molecule has 0 saturated carbocycles. The number of hydrogen-bond donors (Lipinski definition) is 0. The normalized spacial score (nSPS) is 23.2. The van der Waals surface area contributed by atoms with Crippen molar-refractivity contribution in [3.63, 3.8) is 0 Å². The van der Waals surface area contributed by atoms with Crippen LogP contribution in [0.4, 0.5) is 5.69 Å². The number of thioether (sulfide) groups is 1. The number of amides is 1. The van der Waals surface area contributed by atoms with E-state index in [0.717, 1.165) is 32.6 Å². The average Bonchev–Trinajstić information content (AvgIpc) is 3.13. The van der Waals surface area contributed by atoms with Gasteiger partial charge in [-0.1, -0.05) is 39.8 Å². The first-order valence-electron chi connectivity index (χ1n) is 9.84. The molecule has 9 heteroatoms. The summed E-state index contributed by atoms with van der Waals surface area (Å²) in [5.74, 6) is 0.660. The van der Waals surface area contributed by atoms with Crippen LogP contribution in [-0.4, -0.2) is 49.4 Å². The van der Waals surface area contributed by atoms with Gasteiger partial charge in [0.25, 0.3) is 5.91 Å². The Balaban J connectivity index is 1.67. The van der Waals surface area contributed by atoms with Gasteiger partial charge in [0.1, 0.15) is 5.75 Å². The summed E-state index contributed by atoms with van der Waals surface area (Å²) < 4.78 is 30.7. The number of anilines is 1. The van der Waals surface area contributed by atoms with Crippen molar-refractivity contribution in [2.45, 2.75) is 31.6 Å². The van der Waals surface area contributed by atoms with E-state index in [1.807, 2.05) is 55.1 Å². The van der Waals surface area contributed by atoms with E-state index in [9.17, 15) is 13.2 Å². The number of amidine groups is 1. The van der Waals surface area contributed by atoms with Gasteiger partial charge in [-0.15, -0.1) is 0 Å². The number of ether oxygens (including phenoxy) is 1. The number of halogens is 1. The van der Waals surface area contributed by atoms with Crippen molar-refractivity contribution in [2.75, 3.05) is 23.5 Å². The van der Waals surface area contributed by atoms with Gasteiger partial charge < -0.3 is 9.64 Å². The van der Waals surface area contributed by atoms with Crippen molar-refractivity contribution in [1.29, 1.82) is 0 Å². The molecule has 2 aromatic rings. The predicted octanol–water partition coefficient (Wildman–Crippen LogP) is 3.92. The van der Waals surface area contributed by atoms with E-state index in [-0.39, 0.29) is 35.1 Å². The lowest BCUT2D eigenvalue weighted by molar-refractivity contribution is -0.117. The molecule has 2 unspecified atom stereocenters. The molecule has 164 valence electrons. The number of hydrogen-bond acceptors (Lipinski definition) is 5. The summed E-state index contributed by atoms with van der Waals surface area (Å²) in [6, 6.07) is 11.1. The van der Waals surface area contributed by atoms with Gasteiger partial charge in [-0.25, -0.2) is 8.42 Å². The second-order valence-corrected chi connectivity index (χ2v) is 12.1. The lowest BCUT2D eigenvalue weighted by Gasteiger charge is -2.28. The number of aliphatic imine (C=N–C) groups is 1. The number of methoxy groups -OCH3 is 1. The molecule has 6 nitrogen and oxygen atoms in total. The minimum atomic E-state index is -3.11. The minimum Gasteiger partial charge on any atom is -0.497 e. The Hall–Kier alpha value is -1.84. The van der Waals surface area contributed by atoms with E-state index >= 15 is 0 Å². The predicted molar refractivity (Wildman–Crippen MR) is 129 cm³/mol. The van der Waals surface area contributed by atoms with Crippen LogP contribution in [0, 0.1) is 13.8 Å². The van der Waals surface area contributed by atoms with E-state index in [1.165, 1.54) is 11.8 Å². The van der Waals surface area contributed by atoms with Crippen LogP contribution in [0.2, 0.25) is 0 Å². The SMILES string of the molecule is COc1ccc(CC(=O)N=C2SC3CS(=O)(=O)CC3N2c2c(C)cc(Br)cc2C)cc1. The number of sulfone groups is 1. The number of rotatable bonds is 4. The third-order valence-electron chi connectivity index (χ3n) is 5.50. The van der Waals surface area contributed by atoms with Gasteiger partial charge in [0, 0.05) is 15.4 Å². The van der Waals surface area contributed by atoms with E-state index in [1.54, 1.807) is 7.11 Å². The van der Waals surface area contributed by atoms with Gasteiger partial charge in [0.05, 0.1) is 31.1 Å². The Morgan fingerprint density at radius 1 is 1.19 bits per heavy atom. The number of carbonyl (C=O) groups excluding carboxylic acids is 1. The Labute approximate surface area is 195 Å². The fourth-order valence-corrected chi connectivity index (χ4v) is 8.78. The third-order valence-corrected chi connectivity index (χ3v) is 9.17. The van der Waals surface area contributed by atoms with Crippen molar-refractivity contribution < 1.29 is 17.9 Å². The molecular weight excluding hydrogens is 500 g/mol. The molecule has 2 aliphatic heterocycles. The van der Waals surface area contributed by atoms with Crippen LogP contribution in [0.15, 0.2) is 45.9 Å². The number of aryl methyl sites for hydroxylation is 2. The highest BCUT2D eigenvalue weighted by Crippen LogP contribution is 2.43. The summed E-state index contributed by atoms with van der Waals surface area (Å²) in [4.78, 5) is 19.2. The zero-order valence-electron chi connectivity index (χ0n) is 17.5. The Morgan fingerprint density at radius 3 is 2.45 bits per heavy atom. The standard InChI is InChI=1S/C22H23BrN2O4S2/c1-13-8-16(23)9-14(2)21(13)25-18-11-31(27,28)12-19(18)30-22(25)24-20(26)10-15-4-6-17(29-3)7-5-15/h4-9,18-19H,10-12H2,1-3H3. The minimum absolute atomic E-state index is 0.0747. The van der Waals surface area contributed by atoms with Crippen LogP contribution in [0.1, 0.15) is 16.7 Å². The fraction of sp³-hybridized carbons (Fsp3) is 0.364. The molecule has 1 amide bonds. The molecule has 4 rings (SSSR count). The molecule has 0 spiro atoms. The zero-order valence-corrected chi connectivity index (χ0v) is 20.7.